The summed E-state index contributed by atoms with van der Waals surface area (Å²) in [4.78, 5) is 12.6. The van der Waals surface area contributed by atoms with E-state index >= 15 is 4.39 Å². The third kappa shape index (κ3) is 5.42. The maximum Gasteiger partial charge on any atom is 0.346 e. The number of aryl methyl sites for hydroxylation is 2. The van der Waals surface area contributed by atoms with Crippen LogP contribution < -0.4 is 5.63 Å². The van der Waals surface area contributed by atoms with Gasteiger partial charge in [0.1, 0.15) is 17.0 Å². The number of hydrogen-bond donors (Lipinski definition) is 0. The van der Waals surface area contributed by atoms with Crippen molar-refractivity contribution in [1.82, 2.24) is 0 Å². The summed E-state index contributed by atoms with van der Waals surface area (Å²) in [6.45, 7) is 4.26. The van der Waals surface area contributed by atoms with Crippen molar-refractivity contribution < 1.29 is 8.81 Å². The SMILES string of the molecule is CCCCCCCCc1cc2ccc(-c3ccc(-c4ccc(C)cc4)cc3)c(F)c2c(=O)o1. The normalized spacial score (nSPS) is 11.2. The fourth-order valence-corrected chi connectivity index (χ4v) is 4.31. The molecule has 4 rings (SSSR count). The molecule has 0 aliphatic carbocycles. The smallest absolute Gasteiger partial charge is 0.346 e. The van der Waals surface area contributed by atoms with Crippen LogP contribution in [0.3, 0.4) is 0 Å². The topological polar surface area (TPSA) is 30.2 Å². The molecule has 33 heavy (non-hydrogen) atoms. The average molecular weight is 443 g/mol. The second-order valence-electron chi connectivity index (χ2n) is 8.85. The largest absolute Gasteiger partial charge is 0.427 e. The minimum atomic E-state index is -0.593. The molecule has 4 aromatic rings. The molecule has 0 fully saturated rings. The van der Waals surface area contributed by atoms with E-state index in [-0.39, 0.29) is 5.39 Å². The predicted octanol–water partition coefficient (Wildman–Crippen LogP) is 8.48. The average Bonchev–Trinajstić information content (AvgIpc) is 2.82. The van der Waals surface area contributed by atoms with Gasteiger partial charge in [-0.15, -0.1) is 0 Å². The van der Waals surface area contributed by atoms with Crippen LogP contribution in [0.4, 0.5) is 4.39 Å². The highest BCUT2D eigenvalue weighted by Crippen LogP contribution is 2.30. The van der Waals surface area contributed by atoms with Gasteiger partial charge in [-0.05, 0) is 41.5 Å². The zero-order chi connectivity index (χ0) is 23.2. The summed E-state index contributed by atoms with van der Waals surface area (Å²) in [6, 6.07) is 21.5. The number of benzene rings is 3. The molecule has 0 unspecified atom stereocenters. The molecule has 0 saturated carbocycles. The molecule has 1 aromatic heterocycles. The zero-order valence-corrected chi connectivity index (χ0v) is 19.5. The Hall–Kier alpha value is -3.20. The Balaban J connectivity index is 1.54. The first-order valence-electron chi connectivity index (χ1n) is 12.0. The Morgan fingerprint density at radius 3 is 2.06 bits per heavy atom. The van der Waals surface area contributed by atoms with E-state index in [1.165, 1.54) is 31.2 Å². The fourth-order valence-electron chi connectivity index (χ4n) is 4.31. The van der Waals surface area contributed by atoms with Crippen LogP contribution in [0.2, 0.25) is 0 Å². The van der Waals surface area contributed by atoms with Gasteiger partial charge >= 0.3 is 5.63 Å². The van der Waals surface area contributed by atoms with Crippen molar-refractivity contribution in [2.24, 2.45) is 0 Å². The lowest BCUT2D eigenvalue weighted by Gasteiger charge is -2.09. The van der Waals surface area contributed by atoms with Crippen molar-refractivity contribution >= 4 is 10.8 Å². The van der Waals surface area contributed by atoms with Crippen LogP contribution in [-0.2, 0) is 6.42 Å². The number of halogens is 1. The molecule has 0 bridgehead atoms. The van der Waals surface area contributed by atoms with E-state index in [2.05, 4.69) is 38.1 Å². The minimum absolute atomic E-state index is 0.0295. The van der Waals surface area contributed by atoms with Gasteiger partial charge in [-0.3, -0.25) is 0 Å². The summed E-state index contributed by atoms with van der Waals surface area (Å²) >= 11 is 0. The molecule has 0 aliphatic heterocycles. The number of hydrogen-bond acceptors (Lipinski definition) is 2. The van der Waals surface area contributed by atoms with Crippen molar-refractivity contribution in [1.29, 1.82) is 0 Å². The zero-order valence-electron chi connectivity index (χ0n) is 19.5. The summed E-state index contributed by atoms with van der Waals surface area (Å²) in [6.07, 6.45) is 7.75. The lowest BCUT2D eigenvalue weighted by Crippen LogP contribution is -2.05. The lowest BCUT2D eigenvalue weighted by atomic mass is 9.97. The van der Waals surface area contributed by atoms with Gasteiger partial charge in [-0.1, -0.05) is 105 Å². The van der Waals surface area contributed by atoms with E-state index in [0.29, 0.717) is 23.1 Å². The van der Waals surface area contributed by atoms with Crippen LogP contribution in [0.15, 0.2) is 75.9 Å². The second kappa shape index (κ2) is 10.6. The first-order chi connectivity index (χ1) is 16.1. The maximum atomic E-state index is 15.4. The first kappa shape index (κ1) is 23.0. The van der Waals surface area contributed by atoms with Gasteiger partial charge in [0.05, 0.1) is 0 Å². The summed E-state index contributed by atoms with van der Waals surface area (Å²) in [5.74, 6) is 0.119. The third-order valence-corrected chi connectivity index (χ3v) is 6.28. The van der Waals surface area contributed by atoms with Crippen LogP contribution >= 0.6 is 0 Å². The quantitative estimate of drug-likeness (QED) is 0.243. The van der Waals surface area contributed by atoms with Crippen molar-refractivity contribution in [2.75, 3.05) is 0 Å². The van der Waals surface area contributed by atoms with Gasteiger partial charge in [0.25, 0.3) is 0 Å². The molecule has 3 aromatic carbocycles. The van der Waals surface area contributed by atoms with E-state index < -0.39 is 11.4 Å². The van der Waals surface area contributed by atoms with Crippen molar-refractivity contribution in [3.05, 3.63) is 94.3 Å². The molecule has 0 saturated heterocycles. The molecule has 1 heterocycles. The van der Waals surface area contributed by atoms with Crippen molar-refractivity contribution in [3.63, 3.8) is 0 Å². The number of fused-ring (bicyclic) bond motifs is 1. The Bertz CT molecular complexity index is 1270. The molecule has 2 nitrogen and oxygen atoms in total. The number of rotatable bonds is 9. The van der Waals surface area contributed by atoms with Crippen molar-refractivity contribution in [2.45, 2.75) is 58.8 Å². The van der Waals surface area contributed by atoms with E-state index in [9.17, 15) is 4.79 Å². The Morgan fingerprint density at radius 2 is 1.36 bits per heavy atom. The molecule has 0 N–H and O–H groups in total. The molecule has 0 radical (unpaired) electrons. The highest BCUT2D eigenvalue weighted by atomic mass is 19.1. The van der Waals surface area contributed by atoms with Crippen LogP contribution in [0, 0.1) is 12.7 Å². The van der Waals surface area contributed by atoms with Gasteiger partial charge < -0.3 is 4.42 Å². The monoisotopic (exact) mass is 442 g/mol. The Kier molecular flexibility index (Phi) is 7.39. The molecule has 0 amide bonds. The van der Waals surface area contributed by atoms with Gasteiger partial charge in [0.15, 0.2) is 0 Å². The molecule has 170 valence electrons. The van der Waals surface area contributed by atoms with Gasteiger partial charge in [-0.25, -0.2) is 9.18 Å². The van der Waals surface area contributed by atoms with Crippen LogP contribution in [-0.4, -0.2) is 0 Å². The van der Waals surface area contributed by atoms with E-state index in [1.807, 2.05) is 36.4 Å². The highest BCUT2D eigenvalue weighted by molar-refractivity contribution is 5.87. The first-order valence-corrected chi connectivity index (χ1v) is 12.0. The van der Waals surface area contributed by atoms with Gasteiger partial charge in [-0.2, -0.15) is 0 Å². The van der Waals surface area contributed by atoms with Crippen LogP contribution in [0.1, 0.15) is 56.8 Å². The third-order valence-electron chi connectivity index (χ3n) is 6.28. The van der Waals surface area contributed by atoms with Crippen molar-refractivity contribution in [3.8, 4) is 22.3 Å². The molecule has 0 aliphatic rings. The summed E-state index contributed by atoms with van der Waals surface area (Å²) in [5.41, 5.74) is 3.95. The Labute approximate surface area is 195 Å². The summed E-state index contributed by atoms with van der Waals surface area (Å²) in [5, 5.41) is 0.631. The Morgan fingerprint density at radius 1 is 0.758 bits per heavy atom. The second-order valence-corrected chi connectivity index (χ2v) is 8.85. The van der Waals surface area contributed by atoms with Gasteiger partial charge in [0, 0.05) is 12.0 Å². The summed E-state index contributed by atoms with van der Waals surface area (Å²) in [7, 11) is 0. The molecular formula is C30H31FO2. The van der Waals surface area contributed by atoms with E-state index in [0.717, 1.165) is 29.5 Å². The van der Waals surface area contributed by atoms with Crippen LogP contribution in [0.5, 0.6) is 0 Å². The maximum absolute atomic E-state index is 15.4. The highest BCUT2D eigenvalue weighted by Gasteiger charge is 2.15. The molecular weight excluding hydrogens is 411 g/mol. The fraction of sp³-hybridized carbons (Fsp3) is 0.300. The molecule has 0 spiro atoms. The minimum Gasteiger partial charge on any atom is -0.427 e. The molecule has 3 heteroatoms. The predicted molar refractivity (Wildman–Crippen MR) is 135 cm³/mol. The number of unbranched alkanes of at least 4 members (excludes halogenated alkanes) is 5. The van der Waals surface area contributed by atoms with E-state index in [1.54, 1.807) is 6.07 Å². The standard InChI is InChI=1S/C30H31FO2/c1-3-4-5-6-7-8-9-26-20-25-18-19-27(29(31)28(25)30(32)33-26)24-16-14-23(15-17-24)22-12-10-21(2)11-13-22/h10-20H,3-9H2,1-2H3. The summed E-state index contributed by atoms with van der Waals surface area (Å²) < 4.78 is 20.9. The molecule has 0 atom stereocenters. The van der Waals surface area contributed by atoms with E-state index in [4.69, 9.17) is 4.42 Å². The van der Waals surface area contributed by atoms with Crippen LogP contribution in [0.25, 0.3) is 33.0 Å². The lowest BCUT2D eigenvalue weighted by molar-refractivity contribution is 0.453. The van der Waals surface area contributed by atoms with Gasteiger partial charge in [0.2, 0.25) is 0 Å².